The summed E-state index contributed by atoms with van der Waals surface area (Å²) in [7, 11) is 2.06. The van der Waals surface area contributed by atoms with Gasteiger partial charge in [0.05, 0.1) is 0 Å². The number of oxime groups is 1. The van der Waals surface area contributed by atoms with Gasteiger partial charge in [-0.15, -0.1) is 0 Å². The van der Waals surface area contributed by atoms with Crippen LogP contribution in [0.15, 0.2) is 23.5 Å². The standard InChI is InChI=1S/C12H18N4O/c1-16(8-9-3-2-4-9)10-5-6-14-11(7-10)12(13)15-17/h5-7,9,17H,2-4,8H2,1H3,(H2,13,15). The maximum absolute atomic E-state index is 8.62. The zero-order chi connectivity index (χ0) is 12.3. The third-order valence-electron chi connectivity index (χ3n) is 3.31. The molecular weight excluding hydrogens is 216 g/mol. The van der Waals surface area contributed by atoms with Crippen LogP contribution in [0.5, 0.6) is 0 Å². The Hall–Kier alpha value is -1.78. The molecule has 92 valence electrons. The van der Waals surface area contributed by atoms with E-state index in [1.54, 1.807) is 6.20 Å². The van der Waals surface area contributed by atoms with Crippen LogP contribution in [0.1, 0.15) is 25.0 Å². The fourth-order valence-corrected chi connectivity index (χ4v) is 2.02. The van der Waals surface area contributed by atoms with E-state index in [1.165, 1.54) is 19.3 Å². The summed E-state index contributed by atoms with van der Waals surface area (Å²) >= 11 is 0. The molecule has 1 aromatic rings. The van der Waals surface area contributed by atoms with Crippen LogP contribution >= 0.6 is 0 Å². The zero-order valence-electron chi connectivity index (χ0n) is 10.0. The number of pyridine rings is 1. The molecule has 5 nitrogen and oxygen atoms in total. The van der Waals surface area contributed by atoms with Crippen LogP contribution in [-0.2, 0) is 0 Å². The predicted octanol–water partition coefficient (Wildman–Crippen LogP) is 1.41. The second-order valence-electron chi connectivity index (χ2n) is 4.56. The van der Waals surface area contributed by atoms with E-state index < -0.39 is 0 Å². The van der Waals surface area contributed by atoms with Gasteiger partial charge in [-0.3, -0.25) is 4.98 Å². The van der Waals surface area contributed by atoms with E-state index in [-0.39, 0.29) is 5.84 Å². The fraction of sp³-hybridized carbons (Fsp3) is 0.500. The summed E-state index contributed by atoms with van der Waals surface area (Å²) in [5.41, 5.74) is 7.08. The normalized spacial score (nSPS) is 16.6. The van der Waals surface area contributed by atoms with Gasteiger partial charge in [0, 0.05) is 25.5 Å². The highest BCUT2D eigenvalue weighted by Gasteiger charge is 2.19. The SMILES string of the molecule is CN(CC1CCC1)c1ccnc(/C(N)=N/O)c1. The Morgan fingerprint density at radius 3 is 3.00 bits per heavy atom. The summed E-state index contributed by atoms with van der Waals surface area (Å²) in [4.78, 5) is 6.26. The summed E-state index contributed by atoms with van der Waals surface area (Å²) in [5, 5.41) is 11.6. The van der Waals surface area contributed by atoms with Crippen molar-refractivity contribution >= 4 is 11.5 Å². The molecule has 5 heteroatoms. The topological polar surface area (TPSA) is 74.7 Å². The summed E-state index contributed by atoms with van der Waals surface area (Å²) in [6, 6.07) is 3.78. The minimum absolute atomic E-state index is 0.0453. The Morgan fingerprint density at radius 2 is 2.41 bits per heavy atom. The highest BCUT2D eigenvalue weighted by Crippen LogP contribution is 2.28. The number of rotatable bonds is 4. The first kappa shape index (κ1) is 11.7. The maximum Gasteiger partial charge on any atom is 0.188 e. The van der Waals surface area contributed by atoms with Crippen LogP contribution < -0.4 is 10.6 Å². The monoisotopic (exact) mass is 234 g/mol. The average Bonchev–Trinajstić information content (AvgIpc) is 2.32. The van der Waals surface area contributed by atoms with Crippen molar-refractivity contribution in [3.63, 3.8) is 0 Å². The smallest absolute Gasteiger partial charge is 0.188 e. The van der Waals surface area contributed by atoms with Crippen molar-refractivity contribution in [1.82, 2.24) is 4.98 Å². The number of aromatic nitrogens is 1. The molecule has 1 aromatic heterocycles. The number of nitrogens with two attached hydrogens (primary N) is 1. The van der Waals surface area contributed by atoms with Gasteiger partial charge in [0.15, 0.2) is 5.84 Å². The second-order valence-corrected chi connectivity index (χ2v) is 4.56. The lowest BCUT2D eigenvalue weighted by molar-refractivity contribution is 0.318. The first-order valence-corrected chi connectivity index (χ1v) is 5.86. The van der Waals surface area contributed by atoms with Gasteiger partial charge >= 0.3 is 0 Å². The van der Waals surface area contributed by atoms with Crippen molar-refractivity contribution in [1.29, 1.82) is 0 Å². The van der Waals surface area contributed by atoms with Crippen LogP contribution in [0, 0.1) is 5.92 Å². The number of hydrogen-bond donors (Lipinski definition) is 2. The summed E-state index contributed by atoms with van der Waals surface area (Å²) in [5.74, 6) is 0.851. The molecule has 0 amide bonds. The van der Waals surface area contributed by atoms with Crippen LogP contribution in [0.2, 0.25) is 0 Å². The Morgan fingerprint density at radius 1 is 1.65 bits per heavy atom. The predicted molar refractivity (Wildman–Crippen MR) is 67.4 cm³/mol. The van der Waals surface area contributed by atoms with Gasteiger partial charge in [-0.1, -0.05) is 11.6 Å². The fourth-order valence-electron chi connectivity index (χ4n) is 2.02. The van der Waals surface area contributed by atoms with Crippen molar-refractivity contribution in [2.45, 2.75) is 19.3 Å². The van der Waals surface area contributed by atoms with Crippen molar-refractivity contribution in [3.05, 3.63) is 24.0 Å². The van der Waals surface area contributed by atoms with Crippen molar-refractivity contribution in [3.8, 4) is 0 Å². The number of hydrogen-bond acceptors (Lipinski definition) is 4. The Bertz CT molecular complexity index is 415. The molecule has 3 N–H and O–H groups in total. The Labute approximate surface area is 101 Å². The average molecular weight is 234 g/mol. The van der Waals surface area contributed by atoms with Crippen molar-refractivity contribution in [2.75, 3.05) is 18.5 Å². The molecule has 2 rings (SSSR count). The highest BCUT2D eigenvalue weighted by atomic mass is 16.4. The Balaban J connectivity index is 2.08. The van der Waals surface area contributed by atoms with E-state index in [1.807, 2.05) is 12.1 Å². The van der Waals surface area contributed by atoms with Crippen molar-refractivity contribution in [2.24, 2.45) is 16.8 Å². The molecule has 0 atom stereocenters. The molecule has 0 bridgehead atoms. The lowest BCUT2D eigenvalue weighted by Gasteiger charge is -2.31. The molecule has 17 heavy (non-hydrogen) atoms. The largest absolute Gasteiger partial charge is 0.409 e. The quantitative estimate of drug-likeness (QED) is 0.357. The van der Waals surface area contributed by atoms with Gasteiger partial charge in [-0.25, -0.2) is 0 Å². The van der Waals surface area contributed by atoms with Gasteiger partial charge in [-0.05, 0) is 30.9 Å². The number of nitrogens with zero attached hydrogens (tertiary/aromatic N) is 3. The second kappa shape index (κ2) is 5.03. The van der Waals surface area contributed by atoms with E-state index in [9.17, 15) is 0 Å². The van der Waals surface area contributed by atoms with Gasteiger partial charge < -0.3 is 15.8 Å². The molecule has 1 saturated carbocycles. The molecule has 0 radical (unpaired) electrons. The summed E-state index contributed by atoms with van der Waals surface area (Å²) in [6.45, 7) is 1.06. The first-order valence-electron chi connectivity index (χ1n) is 5.86. The van der Waals surface area contributed by atoms with Gasteiger partial charge in [0.2, 0.25) is 0 Å². The van der Waals surface area contributed by atoms with Gasteiger partial charge in [0.25, 0.3) is 0 Å². The van der Waals surface area contributed by atoms with Crippen LogP contribution in [0.25, 0.3) is 0 Å². The third kappa shape index (κ3) is 2.67. The molecule has 0 aromatic carbocycles. The molecule has 0 aliphatic heterocycles. The van der Waals surface area contributed by atoms with E-state index in [0.717, 1.165) is 18.2 Å². The molecule has 0 spiro atoms. The molecule has 1 aliphatic rings. The lowest BCUT2D eigenvalue weighted by atomic mass is 9.85. The van der Waals surface area contributed by atoms with Gasteiger partial charge in [-0.2, -0.15) is 0 Å². The molecule has 1 aliphatic carbocycles. The first-order chi connectivity index (χ1) is 8.20. The van der Waals surface area contributed by atoms with Crippen LogP contribution in [0.3, 0.4) is 0 Å². The van der Waals surface area contributed by atoms with Gasteiger partial charge in [0.1, 0.15) is 5.69 Å². The molecular formula is C12H18N4O. The molecule has 0 unspecified atom stereocenters. The van der Waals surface area contributed by atoms with Crippen molar-refractivity contribution < 1.29 is 5.21 Å². The highest BCUT2D eigenvalue weighted by molar-refractivity contribution is 5.95. The summed E-state index contributed by atoms with van der Waals surface area (Å²) < 4.78 is 0. The van der Waals surface area contributed by atoms with Crippen LogP contribution in [0.4, 0.5) is 5.69 Å². The minimum Gasteiger partial charge on any atom is -0.409 e. The van der Waals surface area contributed by atoms with E-state index in [0.29, 0.717) is 5.69 Å². The summed E-state index contributed by atoms with van der Waals surface area (Å²) in [6.07, 6.45) is 5.68. The third-order valence-corrected chi connectivity index (χ3v) is 3.31. The molecule has 1 heterocycles. The molecule has 1 fully saturated rings. The van der Waals surface area contributed by atoms with E-state index in [2.05, 4.69) is 22.1 Å². The van der Waals surface area contributed by atoms with E-state index in [4.69, 9.17) is 10.9 Å². The number of amidine groups is 1. The zero-order valence-corrected chi connectivity index (χ0v) is 10.0. The number of anilines is 1. The van der Waals surface area contributed by atoms with E-state index >= 15 is 0 Å². The Kier molecular flexibility index (Phi) is 3.46. The lowest BCUT2D eigenvalue weighted by Crippen LogP contribution is -2.29. The maximum atomic E-state index is 8.62. The minimum atomic E-state index is 0.0453. The molecule has 0 saturated heterocycles. The van der Waals surface area contributed by atoms with Crippen LogP contribution in [-0.4, -0.2) is 29.6 Å².